The predicted octanol–water partition coefficient (Wildman–Crippen LogP) is 1.51. The highest BCUT2D eigenvalue weighted by molar-refractivity contribution is 5.97. The first kappa shape index (κ1) is 18.8. The molecule has 1 atom stereocenters. The molecule has 1 heterocycles. The van der Waals surface area contributed by atoms with Crippen LogP contribution in [0.3, 0.4) is 0 Å². The van der Waals surface area contributed by atoms with Crippen molar-refractivity contribution in [1.29, 1.82) is 0 Å². The normalized spacial score (nSPS) is 11.3. The Balaban J connectivity index is 2.22. The van der Waals surface area contributed by atoms with Gasteiger partial charge in [-0.15, -0.1) is 0 Å². The Labute approximate surface area is 149 Å². The zero-order valence-electron chi connectivity index (χ0n) is 14.2. The molecule has 0 aliphatic carbocycles. The van der Waals surface area contributed by atoms with Gasteiger partial charge in [0.1, 0.15) is 6.04 Å². The van der Waals surface area contributed by atoms with E-state index in [-0.39, 0.29) is 17.7 Å². The third-order valence-corrected chi connectivity index (χ3v) is 3.58. The minimum Gasteiger partial charge on any atom is -0.481 e. The van der Waals surface area contributed by atoms with Crippen LogP contribution in [0, 0.1) is 10.1 Å². The molecule has 2 aromatic rings. The monoisotopic (exact) mass is 359 g/mol. The van der Waals surface area contributed by atoms with Gasteiger partial charge in [-0.3, -0.25) is 14.9 Å². The molecule has 0 radical (unpaired) electrons. The van der Waals surface area contributed by atoms with Crippen molar-refractivity contribution in [2.75, 3.05) is 14.2 Å². The summed E-state index contributed by atoms with van der Waals surface area (Å²) in [6.45, 7) is 0. The number of hydrogen-bond donors (Lipinski definition) is 1. The van der Waals surface area contributed by atoms with Crippen molar-refractivity contribution in [2.24, 2.45) is 0 Å². The van der Waals surface area contributed by atoms with Gasteiger partial charge in [0, 0.05) is 35.9 Å². The number of carbonyl (C=O) groups excluding carboxylic acids is 2. The third kappa shape index (κ3) is 4.53. The number of ether oxygens (including phenoxy) is 2. The summed E-state index contributed by atoms with van der Waals surface area (Å²) in [6, 6.07) is 7.59. The van der Waals surface area contributed by atoms with Gasteiger partial charge < -0.3 is 14.8 Å². The summed E-state index contributed by atoms with van der Waals surface area (Å²) in [5, 5.41) is 13.4. The van der Waals surface area contributed by atoms with Crippen molar-refractivity contribution in [1.82, 2.24) is 10.3 Å². The molecular weight excluding hydrogens is 342 g/mol. The van der Waals surface area contributed by atoms with E-state index >= 15 is 0 Å². The summed E-state index contributed by atoms with van der Waals surface area (Å²) in [6.07, 6.45) is 1.63. The number of non-ortho nitro benzene ring substituents is 1. The molecule has 0 spiro atoms. The number of benzene rings is 1. The number of methoxy groups -OCH3 is 2. The number of hydrogen-bond acceptors (Lipinski definition) is 7. The number of nitrogens with zero attached hydrogens (tertiary/aromatic N) is 2. The highest BCUT2D eigenvalue weighted by Crippen LogP contribution is 2.17. The molecule has 0 unspecified atom stereocenters. The van der Waals surface area contributed by atoms with Crippen molar-refractivity contribution in [2.45, 2.75) is 12.5 Å². The Hall–Kier alpha value is -3.49. The Kier molecular flexibility index (Phi) is 6.20. The second-order valence-corrected chi connectivity index (χ2v) is 5.23. The van der Waals surface area contributed by atoms with Gasteiger partial charge in [-0.05, 0) is 12.1 Å². The second-order valence-electron chi connectivity index (χ2n) is 5.23. The van der Waals surface area contributed by atoms with Crippen LogP contribution in [-0.2, 0) is 16.0 Å². The maximum Gasteiger partial charge on any atom is 0.328 e. The highest BCUT2D eigenvalue weighted by Gasteiger charge is 2.25. The molecule has 136 valence electrons. The lowest BCUT2D eigenvalue weighted by molar-refractivity contribution is -0.384. The second kappa shape index (κ2) is 8.56. The summed E-state index contributed by atoms with van der Waals surface area (Å²) < 4.78 is 9.87. The van der Waals surface area contributed by atoms with E-state index in [1.54, 1.807) is 12.1 Å². The molecule has 9 nitrogen and oxygen atoms in total. The van der Waals surface area contributed by atoms with E-state index in [0.29, 0.717) is 11.4 Å². The Bertz CT molecular complexity index is 824. The molecule has 0 saturated carbocycles. The molecule has 9 heteroatoms. The maximum atomic E-state index is 12.4. The van der Waals surface area contributed by atoms with E-state index in [4.69, 9.17) is 9.47 Å². The van der Waals surface area contributed by atoms with Crippen LogP contribution in [0.15, 0.2) is 42.6 Å². The summed E-state index contributed by atoms with van der Waals surface area (Å²) in [5.74, 6) is -0.965. The van der Waals surface area contributed by atoms with Gasteiger partial charge in [-0.2, -0.15) is 0 Å². The average Bonchev–Trinajstić information content (AvgIpc) is 2.67. The molecule has 2 rings (SSSR count). The van der Waals surface area contributed by atoms with E-state index in [0.717, 1.165) is 6.07 Å². The Morgan fingerprint density at radius 3 is 2.69 bits per heavy atom. The van der Waals surface area contributed by atoms with Crippen molar-refractivity contribution >= 4 is 17.6 Å². The minimum atomic E-state index is -1.01. The van der Waals surface area contributed by atoms with Crippen LogP contribution < -0.4 is 10.1 Å². The Morgan fingerprint density at radius 1 is 1.27 bits per heavy atom. The van der Waals surface area contributed by atoms with Crippen molar-refractivity contribution < 1.29 is 24.0 Å². The van der Waals surface area contributed by atoms with E-state index in [1.165, 1.54) is 38.6 Å². The van der Waals surface area contributed by atoms with Gasteiger partial charge in [0.15, 0.2) is 0 Å². The smallest absolute Gasteiger partial charge is 0.328 e. The highest BCUT2D eigenvalue weighted by atomic mass is 16.6. The fourth-order valence-electron chi connectivity index (χ4n) is 2.32. The van der Waals surface area contributed by atoms with Crippen LogP contribution in [0.2, 0.25) is 0 Å². The van der Waals surface area contributed by atoms with Crippen molar-refractivity contribution in [3.05, 3.63) is 63.8 Å². The average molecular weight is 359 g/mol. The summed E-state index contributed by atoms with van der Waals surface area (Å²) in [7, 11) is 2.65. The van der Waals surface area contributed by atoms with Crippen molar-refractivity contribution in [3.63, 3.8) is 0 Å². The maximum absolute atomic E-state index is 12.4. The molecule has 0 aliphatic heterocycles. The van der Waals surface area contributed by atoms with Crippen LogP contribution in [0.5, 0.6) is 5.88 Å². The van der Waals surface area contributed by atoms with Crippen LogP contribution in [-0.4, -0.2) is 42.0 Å². The van der Waals surface area contributed by atoms with Gasteiger partial charge in [0.05, 0.1) is 19.1 Å². The van der Waals surface area contributed by atoms with Gasteiger partial charge >= 0.3 is 5.97 Å². The van der Waals surface area contributed by atoms with Gasteiger partial charge in [0.2, 0.25) is 5.88 Å². The number of aromatic nitrogens is 1. The fraction of sp³-hybridized carbons (Fsp3) is 0.235. The van der Waals surface area contributed by atoms with Crippen LogP contribution in [0.1, 0.15) is 15.9 Å². The van der Waals surface area contributed by atoms with E-state index in [1.807, 2.05) is 0 Å². The van der Waals surface area contributed by atoms with Crippen LogP contribution in [0.25, 0.3) is 0 Å². The van der Waals surface area contributed by atoms with Crippen LogP contribution >= 0.6 is 0 Å². The quantitative estimate of drug-likeness (QED) is 0.452. The lowest BCUT2D eigenvalue weighted by atomic mass is 10.1. The molecule has 0 fully saturated rings. The Morgan fingerprint density at radius 2 is 2.04 bits per heavy atom. The number of rotatable bonds is 7. The number of amides is 1. The van der Waals surface area contributed by atoms with Crippen molar-refractivity contribution in [3.8, 4) is 5.88 Å². The molecular formula is C17H17N3O6. The molecule has 1 N–H and O–H groups in total. The molecule has 26 heavy (non-hydrogen) atoms. The number of esters is 1. The molecule has 1 aromatic carbocycles. The summed E-state index contributed by atoms with van der Waals surface area (Å²) >= 11 is 0. The van der Waals surface area contributed by atoms with E-state index in [2.05, 4.69) is 10.3 Å². The summed E-state index contributed by atoms with van der Waals surface area (Å²) in [5.41, 5.74) is 0.442. The SMILES string of the molecule is COC(=O)[C@H](Cc1cccnc1OC)NC(=O)c1cccc([N+](=O)[O-])c1. The predicted molar refractivity (Wildman–Crippen MR) is 90.9 cm³/mol. The lowest BCUT2D eigenvalue weighted by Gasteiger charge is -2.17. The lowest BCUT2D eigenvalue weighted by Crippen LogP contribution is -2.43. The first-order valence-corrected chi connectivity index (χ1v) is 7.57. The van der Waals surface area contributed by atoms with Gasteiger partial charge in [-0.25, -0.2) is 9.78 Å². The molecule has 0 saturated heterocycles. The number of nitrogens with one attached hydrogen (secondary N) is 1. The first-order valence-electron chi connectivity index (χ1n) is 7.57. The third-order valence-electron chi connectivity index (χ3n) is 3.58. The van der Waals surface area contributed by atoms with Crippen LogP contribution in [0.4, 0.5) is 5.69 Å². The zero-order chi connectivity index (χ0) is 19.1. The standard InChI is InChI=1S/C17H17N3O6/c1-25-16-12(6-4-8-18-16)10-14(17(22)26-2)19-15(21)11-5-3-7-13(9-11)20(23)24/h3-9,14H,10H2,1-2H3,(H,19,21)/t14-/m0/s1. The zero-order valence-corrected chi connectivity index (χ0v) is 14.2. The molecule has 1 aromatic heterocycles. The number of nitro benzene ring substituents is 1. The largest absolute Gasteiger partial charge is 0.481 e. The minimum absolute atomic E-state index is 0.0613. The first-order chi connectivity index (χ1) is 12.5. The molecule has 0 aliphatic rings. The van der Waals surface area contributed by atoms with E-state index in [9.17, 15) is 19.7 Å². The number of nitro groups is 1. The number of pyridine rings is 1. The topological polar surface area (TPSA) is 121 Å². The summed E-state index contributed by atoms with van der Waals surface area (Å²) in [4.78, 5) is 38.7. The van der Waals surface area contributed by atoms with E-state index < -0.39 is 22.8 Å². The molecule has 1 amide bonds. The number of carbonyl (C=O) groups is 2. The van der Waals surface area contributed by atoms with Gasteiger partial charge in [0.25, 0.3) is 11.6 Å². The van der Waals surface area contributed by atoms with Gasteiger partial charge in [-0.1, -0.05) is 12.1 Å². The fourth-order valence-corrected chi connectivity index (χ4v) is 2.32. The molecule has 0 bridgehead atoms.